The van der Waals surface area contributed by atoms with E-state index in [4.69, 9.17) is 9.97 Å². The van der Waals surface area contributed by atoms with Gasteiger partial charge in [0.2, 0.25) is 0 Å². The van der Waals surface area contributed by atoms with Crippen LogP contribution in [0.3, 0.4) is 0 Å². The largest absolute Gasteiger partial charge is 0.352 e. The molecule has 6 heteroatoms. The summed E-state index contributed by atoms with van der Waals surface area (Å²) < 4.78 is 0. The van der Waals surface area contributed by atoms with Crippen molar-refractivity contribution in [2.45, 2.75) is 58.3 Å². The number of fused-ring (bicyclic) bond motifs is 3. The number of carbonyl (C=O) groups is 1. The lowest BCUT2D eigenvalue weighted by Gasteiger charge is -2.36. The lowest BCUT2D eigenvalue weighted by molar-refractivity contribution is 0.0746. The van der Waals surface area contributed by atoms with Gasteiger partial charge in [0.05, 0.1) is 5.39 Å². The first-order valence-corrected chi connectivity index (χ1v) is 12.9. The fourth-order valence-corrected chi connectivity index (χ4v) is 6.11. The molecule has 32 heavy (non-hydrogen) atoms. The van der Waals surface area contributed by atoms with Gasteiger partial charge in [0, 0.05) is 42.5 Å². The lowest BCUT2D eigenvalue weighted by Crippen LogP contribution is -2.49. The number of benzene rings is 1. The normalized spacial score (nSPS) is 17.8. The van der Waals surface area contributed by atoms with E-state index >= 15 is 0 Å². The Morgan fingerprint density at radius 3 is 2.53 bits per heavy atom. The molecule has 1 fully saturated rings. The molecule has 0 bridgehead atoms. The number of hydrogen-bond donors (Lipinski definition) is 0. The monoisotopic (exact) mass is 448 g/mol. The molecule has 1 aliphatic carbocycles. The summed E-state index contributed by atoms with van der Waals surface area (Å²) in [5.41, 5.74) is 2.27. The summed E-state index contributed by atoms with van der Waals surface area (Å²) in [6.07, 6.45) is 7.19. The summed E-state index contributed by atoms with van der Waals surface area (Å²) in [4.78, 5) is 30.2. The maximum absolute atomic E-state index is 12.9. The molecule has 5 nitrogen and oxygen atoms in total. The molecule has 1 amide bonds. The van der Waals surface area contributed by atoms with Gasteiger partial charge in [0.15, 0.2) is 0 Å². The number of carbonyl (C=O) groups excluding carboxylic acids is 1. The molecule has 0 radical (unpaired) electrons. The van der Waals surface area contributed by atoms with Crippen molar-refractivity contribution < 1.29 is 4.79 Å². The van der Waals surface area contributed by atoms with Gasteiger partial charge in [-0.25, -0.2) is 9.97 Å². The number of nitrogens with zero attached hydrogens (tertiary/aromatic N) is 4. The molecule has 1 saturated heterocycles. The number of amides is 1. The molecule has 0 N–H and O–H groups in total. The van der Waals surface area contributed by atoms with E-state index in [0.29, 0.717) is 5.92 Å². The molecule has 2 aliphatic rings. The maximum Gasteiger partial charge on any atom is 0.253 e. The number of anilines is 1. The quantitative estimate of drug-likeness (QED) is 0.499. The van der Waals surface area contributed by atoms with Crippen LogP contribution in [0, 0.1) is 0 Å². The number of aromatic nitrogens is 2. The predicted octanol–water partition coefficient (Wildman–Crippen LogP) is 5.44. The molecule has 3 aromatic rings. The minimum Gasteiger partial charge on any atom is -0.352 e. The van der Waals surface area contributed by atoms with Crippen LogP contribution in [0.4, 0.5) is 5.82 Å². The Hall–Kier alpha value is -2.47. The van der Waals surface area contributed by atoms with Crippen molar-refractivity contribution in [3.63, 3.8) is 0 Å². The number of aryl methyl sites for hydroxylation is 2. The van der Waals surface area contributed by atoms with Gasteiger partial charge in [-0.3, -0.25) is 4.79 Å². The molecule has 2 aromatic heterocycles. The lowest BCUT2D eigenvalue weighted by atomic mass is 10.1. The van der Waals surface area contributed by atoms with E-state index in [1.165, 1.54) is 46.3 Å². The van der Waals surface area contributed by atoms with E-state index in [1.807, 2.05) is 46.6 Å². The topological polar surface area (TPSA) is 49.3 Å². The highest BCUT2D eigenvalue weighted by molar-refractivity contribution is 7.19. The average molecular weight is 449 g/mol. The minimum atomic E-state index is 0.128. The second-order valence-electron chi connectivity index (χ2n) is 9.10. The summed E-state index contributed by atoms with van der Waals surface area (Å²) in [6.45, 7) is 7.51. The third kappa shape index (κ3) is 4.01. The standard InChI is InChI=1S/C26H32N4OS/c1-3-18(2)23-27-24(22-20-12-8-5-9-13-21(20)32-25(22)28-23)29-14-16-30(17-15-29)26(31)19-10-6-4-7-11-19/h4,6-7,10-11,18H,3,5,8-9,12-17H2,1-2H3/t18-/m0/s1. The van der Waals surface area contributed by atoms with Crippen LogP contribution in [0.15, 0.2) is 30.3 Å². The fraction of sp³-hybridized carbons (Fsp3) is 0.500. The van der Waals surface area contributed by atoms with Crippen molar-refractivity contribution in [3.05, 3.63) is 52.2 Å². The Morgan fingerprint density at radius 2 is 1.78 bits per heavy atom. The van der Waals surface area contributed by atoms with Gasteiger partial charge in [-0.1, -0.05) is 38.5 Å². The number of hydrogen-bond acceptors (Lipinski definition) is 5. The molecule has 5 rings (SSSR count). The SMILES string of the molecule is CC[C@H](C)c1nc(N2CCN(C(=O)c3ccccc3)CC2)c2c3c(sc2n1)CCCCC3. The first kappa shape index (κ1) is 21.4. The molecular weight excluding hydrogens is 416 g/mol. The maximum atomic E-state index is 12.9. The summed E-state index contributed by atoms with van der Waals surface area (Å²) in [6, 6.07) is 9.62. The van der Waals surface area contributed by atoms with E-state index in [9.17, 15) is 4.79 Å². The Labute approximate surface area is 194 Å². The van der Waals surface area contributed by atoms with Crippen molar-refractivity contribution in [1.29, 1.82) is 0 Å². The van der Waals surface area contributed by atoms with Gasteiger partial charge in [-0.15, -0.1) is 11.3 Å². The Kier molecular flexibility index (Phi) is 6.13. The number of rotatable bonds is 4. The van der Waals surface area contributed by atoms with E-state index in [2.05, 4.69) is 18.7 Å². The smallest absolute Gasteiger partial charge is 0.253 e. The van der Waals surface area contributed by atoms with Gasteiger partial charge >= 0.3 is 0 Å². The predicted molar refractivity (Wildman–Crippen MR) is 132 cm³/mol. The average Bonchev–Trinajstić information content (AvgIpc) is 3.03. The third-order valence-electron chi connectivity index (χ3n) is 7.00. The molecule has 0 spiro atoms. The minimum absolute atomic E-state index is 0.128. The summed E-state index contributed by atoms with van der Waals surface area (Å²) in [5, 5.41) is 1.29. The van der Waals surface area contributed by atoms with E-state index < -0.39 is 0 Å². The zero-order chi connectivity index (χ0) is 22.1. The van der Waals surface area contributed by atoms with Crippen LogP contribution in [0.1, 0.15) is 72.1 Å². The van der Waals surface area contributed by atoms with Gasteiger partial charge in [0.1, 0.15) is 16.5 Å². The summed E-state index contributed by atoms with van der Waals surface area (Å²) in [5.74, 6) is 2.55. The number of piperazine rings is 1. The highest BCUT2D eigenvalue weighted by Gasteiger charge is 2.28. The third-order valence-corrected chi connectivity index (χ3v) is 8.19. The zero-order valence-corrected chi connectivity index (χ0v) is 20.0. The van der Waals surface area contributed by atoms with Crippen LogP contribution < -0.4 is 4.90 Å². The number of thiophene rings is 1. The highest BCUT2D eigenvalue weighted by atomic mass is 32.1. The van der Waals surface area contributed by atoms with Crippen molar-refractivity contribution >= 4 is 33.3 Å². The van der Waals surface area contributed by atoms with Crippen LogP contribution in [0.5, 0.6) is 0 Å². The van der Waals surface area contributed by atoms with E-state index in [-0.39, 0.29) is 5.91 Å². The fourth-order valence-electron chi connectivity index (χ4n) is 4.85. The first-order chi connectivity index (χ1) is 15.7. The van der Waals surface area contributed by atoms with Crippen LogP contribution in [-0.4, -0.2) is 47.0 Å². The molecule has 1 atom stereocenters. The molecule has 1 aromatic carbocycles. The van der Waals surface area contributed by atoms with Gasteiger partial charge in [0.25, 0.3) is 5.91 Å². The van der Waals surface area contributed by atoms with E-state index in [0.717, 1.165) is 56.2 Å². The Bertz CT molecular complexity index is 1100. The molecule has 1 aliphatic heterocycles. The molecule has 3 heterocycles. The van der Waals surface area contributed by atoms with Crippen molar-refractivity contribution in [1.82, 2.24) is 14.9 Å². The molecular formula is C26H32N4OS. The highest BCUT2D eigenvalue weighted by Crippen LogP contribution is 2.40. The van der Waals surface area contributed by atoms with Crippen LogP contribution in [-0.2, 0) is 12.8 Å². The summed E-state index contributed by atoms with van der Waals surface area (Å²) in [7, 11) is 0. The van der Waals surface area contributed by atoms with Crippen LogP contribution in [0.2, 0.25) is 0 Å². The van der Waals surface area contributed by atoms with Gasteiger partial charge < -0.3 is 9.80 Å². The molecule has 0 unspecified atom stereocenters. The van der Waals surface area contributed by atoms with Gasteiger partial charge in [-0.05, 0) is 49.8 Å². The van der Waals surface area contributed by atoms with Crippen LogP contribution in [0.25, 0.3) is 10.2 Å². The Balaban J connectivity index is 1.46. The molecule has 0 saturated carbocycles. The van der Waals surface area contributed by atoms with E-state index in [1.54, 1.807) is 0 Å². The molecule has 168 valence electrons. The Morgan fingerprint density at radius 1 is 1.03 bits per heavy atom. The van der Waals surface area contributed by atoms with Crippen molar-refractivity contribution in [3.8, 4) is 0 Å². The van der Waals surface area contributed by atoms with Gasteiger partial charge in [-0.2, -0.15) is 0 Å². The zero-order valence-electron chi connectivity index (χ0n) is 19.1. The van der Waals surface area contributed by atoms with Crippen molar-refractivity contribution in [2.75, 3.05) is 31.1 Å². The second-order valence-corrected chi connectivity index (χ2v) is 10.2. The second kappa shape index (κ2) is 9.18. The first-order valence-electron chi connectivity index (χ1n) is 12.1. The summed E-state index contributed by atoms with van der Waals surface area (Å²) >= 11 is 1.89. The van der Waals surface area contributed by atoms with Crippen LogP contribution >= 0.6 is 11.3 Å². The van der Waals surface area contributed by atoms with Crippen molar-refractivity contribution in [2.24, 2.45) is 0 Å².